The fourth-order valence-electron chi connectivity index (χ4n) is 3.49. The number of carbonyl (C=O) groups is 2. The maximum Gasteiger partial charge on any atom is 0.305 e. The number of unbranched alkanes of at least 4 members (excludes halogenated alkanes) is 3. The van der Waals surface area contributed by atoms with Gasteiger partial charge in [0, 0.05) is 32.2 Å². The van der Waals surface area contributed by atoms with Crippen molar-refractivity contribution in [1.29, 1.82) is 0 Å². The zero-order valence-corrected chi connectivity index (χ0v) is 17.8. The topological polar surface area (TPSA) is 66.8 Å². The molecule has 0 aromatic rings. The van der Waals surface area contributed by atoms with Crippen molar-refractivity contribution < 1.29 is 19.4 Å². The van der Waals surface area contributed by atoms with Gasteiger partial charge in [-0.05, 0) is 31.6 Å². The summed E-state index contributed by atoms with van der Waals surface area (Å²) in [5.74, 6) is 6.36. The second-order valence-corrected chi connectivity index (χ2v) is 7.39. The highest BCUT2D eigenvalue weighted by molar-refractivity contribution is 5.79. The maximum atomic E-state index is 12.2. The number of methoxy groups -OCH3 is 1. The summed E-state index contributed by atoms with van der Waals surface area (Å²) in [6.45, 7) is 4.83. The SMILES string of the molecule is CCC#CC[C@H](CC)[C@H](O)/C=C/C1CCC(=O)N1CCCCCCC(=O)OC. The first-order chi connectivity index (χ1) is 13.5. The molecule has 1 fully saturated rings. The van der Waals surface area contributed by atoms with Crippen LogP contribution in [-0.2, 0) is 14.3 Å². The minimum atomic E-state index is -0.521. The van der Waals surface area contributed by atoms with Crippen molar-refractivity contribution in [2.75, 3.05) is 13.7 Å². The number of esters is 1. The maximum absolute atomic E-state index is 12.2. The number of amides is 1. The van der Waals surface area contributed by atoms with Crippen molar-refractivity contribution in [3.8, 4) is 11.8 Å². The van der Waals surface area contributed by atoms with Crippen LogP contribution in [-0.4, -0.2) is 47.7 Å². The van der Waals surface area contributed by atoms with Crippen LogP contribution in [0.15, 0.2) is 12.2 Å². The van der Waals surface area contributed by atoms with E-state index in [0.717, 1.165) is 51.5 Å². The van der Waals surface area contributed by atoms with Gasteiger partial charge in [0.05, 0.1) is 19.3 Å². The minimum absolute atomic E-state index is 0.0800. The summed E-state index contributed by atoms with van der Waals surface area (Å²) in [6.07, 6.45) is 11.3. The van der Waals surface area contributed by atoms with Gasteiger partial charge in [0.1, 0.15) is 0 Å². The van der Waals surface area contributed by atoms with Gasteiger partial charge in [-0.2, -0.15) is 0 Å². The van der Waals surface area contributed by atoms with Crippen LogP contribution in [0.3, 0.4) is 0 Å². The number of ether oxygens (including phenoxy) is 1. The largest absolute Gasteiger partial charge is 0.469 e. The Morgan fingerprint density at radius 1 is 1.29 bits per heavy atom. The lowest BCUT2D eigenvalue weighted by atomic mass is 9.95. The standard InChI is InChI=1S/C23H37NO4/c1-4-6-9-12-19(5-2)21(25)16-14-20-15-17-22(26)24(20)18-11-8-7-10-13-23(27)28-3/h14,16,19-21,25H,4-5,7-8,10-13,15,17-18H2,1-3H3/b16-14+/t19-,20?,21+/m0/s1. The molecule has 1 unspecified atom stereocenters. The first-order valence-electron chi connectivity index (χ1n) is 10.7. The smallest absolute Gasteiger partial charge is 0.305 e. The number of hydrogen-bond acceptors (Lipinski definition) is 4. The van der Waals surface area contributed by atoms with Crippen molar-refractivity contribution in [3.63, 3.8) is 0 Å². The molecular formula is C23H37NO4. The van der Waals surface area contributed by atoms with E-state index in [-0.39, 0.29) is 23.8 Å². The highest BCUT2D eigenvalue weighted by Crippen LogP contribution is 2.22. The molecule has 0 aliphatic carbocycles. The summed E-state index contributed by atoms with van der Waals surface area (Å²) < 4.78 is 4.64. The molecule has 0 aromatic carbocycles. The number of likely N-dealkylation sites (tertiary alicyclic amines) is 1. The van der Waals surface area contributed by atoms with Gasteiger partial charge < -0.3 is 14.7 Å². The molecule has 0 aromatic heterocycles. The number of carbonyl (C=O) groups excluding carboxylic acids is 2. The third-order valence-electron chi connectivity index (χ3n) is 5.34. The highest BCUT2D eigenvalue weighted by Gasteiger charge is 2.28. The van der Waals surface area contributed by atoms with Gasteiger partial charge in [-0.25, -0.2) is 0 Å². The van der Waals surface area contributed by atoms with Crippen molar-refractivity contribution in [2.45, 2.75) is 90.2 Å². The lowest BCUT2D eigenvalue weighted by Crippen LogP contribution is -2.33. The van der Waals surface area contributed by atoms with E-state index in [9.17, 15) is 14.7 Å². The van der Waals surface area contributed by atoms with Crippen LogP contribution in [0.4, 0.5) is 0 Å². The number of aliphatic hydroxyl groups is 1. The van der Waals surface area contributed by atoms with E-state index < -0.39 is 6.10 Å². The van der Waals surface area contributed by atoms with Gasteiger partial charge in [-0.3, -0.25) is 9.59 Å². The molecule has 1 aliphatic heterocycles. The van der Waals surface area contributed by atoms with Gasteiger partial charge in [0.15, 0.2) is 0 Å². The second kappa shape index (κ2) is 14.2. The van der Waals surface area contributed by atoms with Crippen LogP contribution >= 0.6 is 0 Å². The molecule has 3 atom stereocenters. The van der Waals surface area contributed by atoms with Gasteiger partial charge in [0.2, 0.25) is 5.91 Å². The highest BCUT2D eigenvalue weighted by atomic mass is 16.5. The molecule has 0 radical (unpaired) electrons. The Morgan fingerprint density at radius 2 is 2.04 bits per heavy atom. The molecule has 158 valence electrons. The van der Waals surface area contributed by atoms with E-state index in [1.807, 2.05) is 24.0 Å². The van der Waals surface area contributed by atoms with Crippen molar-refractivity contribution in [3.05, 3.63) is 12.2 Å². The van der Waals surface area contributed by atoms with Crippen LogP contribution in [0.5, 0.6) is 0 Å². The molecular weight excluding hydrogens is 354 g/mol. The van der Waals surface area contributed by atoms with E-state index in [4.69, 9.17) is 0 Å². The zero-order valence-electron chi connectivity index (χ0n) is 17.8. The van der Waals surface area contributed by atoms with Gasteiger partial charge in [-0.1, -0.05) is 38.8 Å². The van der Waals surface area contributed by atoms with Crippen LogP contribution in [0.25, 0.3) is 0 Å². The predicted molar refractivity (Wildman–Crippen MR) is 111 cm³/mol. The Bertz CT molecular complexity index is 561. The summed E-state index contributed by atoms with van der Waals surface area (Å²) in [5, 5.41) is 10.5. The van der Waals surface area contributed by atoms with Crippen molar-refractivity contribution >= 4 is 11.9 Å². The molecule has 1 heterocycles. The van der Waals surface area contributed by atoms with E-state index in [1.54, 1.807) is 0 Å². The fraction of sp³-hybridized carbons (Fsp3) is 0.739. The molecule has 0 saturated carbocycles. The van der Waals surface area contributed by atoms with E-state index >= 15 is 0 Å². The summed E-state index contributed by atoms with van der Waals surface area (Å²) in [6, 6.07) is 0.0800. The van der Waals surface area contributed by atoms with Crippen molar-refractivity contribution in [2.24, 2.45) is 5.92 Å². The fourth-order valence-corrected chi connectivity index (χ4v) is 3.49. The van der Waals surface area contributed by atoms with Crippen LogP contribution < -0.4 is 0 Å². The third-order valence-corrected chi connectivity index (χ3v) is 5.34. The third kappa shape index (κ3) is 8.93. The summed E-state index contributed by atoms with van der Waals surface area (Å²) in [4.78, 5) is 25.2. The summed E-state index contributed by atoms with van der Waals surface area (Å²) in [5.41, 5.74) is 0. The lowest BCUT2D eigenvalue weighted by Gasteiger charge is -2.23. The van der Waals surface area contributed by atoms with E-state index in [1.165, 1.54) is 7.11 Å². The van der Waals surface area contributed by atoms with E-state index in [2.05, 4.69) is 23.5 Å². The Hall–Kier alpha value is -1.80. The monoisotopic (exact) mass is 391 g/mol. The number of nitrogens with zero attached hydrogens (tertiary/aromatic N) is 1. The van der Waals surface area contributed by atoms with Gasteiger partial charge in [0.25, 0.3) is 0 Å². The second-order valence-electron chi connectivity index (χ2n) is 7.39. The van der Waals surface area contributed by atoms with Crippen molar-refractivity contribution in [1.82, 2.24) is 4.90 Å². The van der Waals surface area contributed by atoms with Crippen LogP contribution in [0.2, 0.25) is 0 Å². The first-order valence-corrected chi connectivity index (χ1v) is 10.7. The zero-order chi connectivity index (χ0) is 20.8. The average Bonchev–Trinajstić information content (AvgIpc) is 3.05. The summed E-state index contributed by atoms with van der Waals surface area (Å²) >= 11 is 0. The molecule has 28 heavy (non-hydrogen) atoms. The number of hydrogen-bond donors (Lipinski definition) is 1. The van der Waals surface area contributed by atoms with Gasteiger partial charge >= 0.3 is 5.97 Å². The number of aliphatic hydroxyl groups excluding tert-OH is 1. The number of rotatable bonds is 12. The molecule has 5 heteroatoms. The molecule has 1 N–H and O–H groups in total. The lowest BCUT2D eigenvalue weighted by molar-refractivity contribution is -0.140. The predicted octanol–water partition coefficient (Wildman–Crippen LogP) is 3.85. The Morgan fingerprint density at radius 3 is 2.71 bits per heavy atom. The molecule has 5 nitrogen and oxygen atoms in total. The van der Waals surface area contributed by atoms with E-state index in [0.29, 0.717) is 19.3 Å². The Kier molecular flexibility index (Phi) is 12.3. The molecule has 0 bridgehead atoms. The first kappa shape index (κ1) is 24.2. The summed E-state index contributed by atoms with van der Waals surface area (Å²) in [7, 11) is 1.41. The molecule has 1 rings (SSSR count). The molecule has 0 spiro atoms. The molecule has 1 aliphatic rings. The molecule has 1 saturated heterocycles. The molecule has 1 amide bonds. The Balaban J connectivity index is 2.43. The average molecular weight is 392 g/mol. The van der Waals surface area contributed by atoms with Crippen LogP contribution in [0.1, 0.15) is 78.1 Å². The minimum Gasteiger partial charge on any atom is -0.469 e. The normalized spacial score (nSPS) is 18.8. The Labute approximate surface area is 170 Å². The van der Waals surface area contributed by atoms with Gasteiger partial charge in [-0.15, -0.1) is 11.8 Å². The van der Waals surface area contributed by atoms with Crippen LogP contribution in [0, 0.1) is 17.8 Å². The quantitative estimate of drug-likeness (QED) is 0.237.